The van der Waals surface area contributed by atoms with E-state index in [1.165, 1.54) is 4.90 Å². The van der Waals surface area contributed by atoms with E-state index < -0.39 is 11.7 Å². The first kappa shape index (κ1) is 21.2. The quantitative estimate of drug-likeness (QED) is 0.582. The predicted molar refractivity (Wildman–Crippen MR) is 105 cm³/mol. The maximum atomic E-state index is 13.6. The van der Waals surface area contributed by atoms with E-state index >= 15 is 0 Å². The highest BCUT2D eigenvalue weighted by atomic mass is 19.4. The lowest BCUT2D eigenvalue weighted by Crippen LogP contribution is -2.23. The molecular formula is C21H26F3N3O2. The molecule has 1 fully saturated rings. The third-order valence-corrected chi connectivity index (χ3v) is 4.87. The van der Waals surface area contributed by atoms with E-state index in [0.29, 0.717) is 18.0 Å². The normalized spacial score (nSPS) is 15.2. The Morgan fingerprint density at radius 1 is 1.17 bits per heavy atom. The monoisotopic (exact) mass is 409 g/mol. The average molecular weight is 409 g/mol. The molecule has 0 spiro atoms. The highest BCUT2D eigenvalue weighted by Gasteiger charge is 2.37. The molecule has 1 aliphatic carbocycles. The number of halogens is 3. The van der Waals surface area contributed by atoms with Crippen molar-refractivity contribution in [3.8, 4) is 11.8 Å². The van der Waals surface area contributed by atoms with Gasteiger partial charge in [-0.2, -0.15) is 18.2 Å². The minimum atomic E-state index is -4.58. The molecule has 5 nitrogen and oxygen atoms in total. The zero-order valence-corrected chi connectivity index (χ0v) is 16.7. The molecule has 29 heavy (non-hydrogen) atoms. The summed E-state index contributed by atoms with van der Waals surface area (Å²) >= 11 is 0. The second-order valence-corrected chi connectivity index (χ2v) is 7.17. The van der Waals surface area contributed by atoms with Gasteiger partial charge in [0.15, 0.2) is 5.82 Å². The van der Waals surface area contributed by atoms with E-state index in [1.54, 1.807) is 31.3 Å². The minimum Gasteiger partial charge on any atom is -0.494 e. The number of benzene rings is 1. The van der Waals surface area contributed by atoms with Crippen molar-refractivity contribution in [3.05, 3.63) is 36.0 Å². The second-order valence-electron chi connectivity index (χ2n) is 7.17. The van der Waals surface area contributed by atoms with E-state index in [9.17, 15) is 13.2 Å². The van der Waals surface area contributed by atoms with Gasteiger partial charge in [0, 0.05) is 25.0 Å². The van der Waals surface area contributed by atoms with Crippen LogP contribution in [0.15, 0.2) is 30.5 Å². The van der Waals surface area contributed by atoms with Crippen LogP contribution >= 0.6 is 0 Å². The lowest BCUT2D eigenvalue weighted by molar-refractivity contribution is -0.137. The van der Waals surface area contributed by atoms with Crippen LogP contribution in [0.5, 0.6) is 11.8 Å². The van der Waals surface area contributed by atoms with Crippen molar-refractivity contribution < 1.29 is 22.6 Å². The van der Waals surface area contributed by atoms with Gasteiger partial charge in [-0.3, -0.25) is 0 Å². The summed E-state index contributed by atoms with van der Waals surface area (Å²) in [6.45, 7) is 2.52. The SMILES string of the molecule is CCCOc1cccc(N(C)c2nc(OC3CCCCC3)ncc2C(F)(F)F)c1. The summed E-state index contributed by atoms with van der Waals surface area (Å²) in [5.74, 6) is 0.350. The van der Waals surface area contributed by atoms with Crippen molar-refractivity contribution in [1.82, 2.24) is 9.97 Å². The summed E-state index contributed by atoms with van der Waals surface area (Å²) < 4.78 is 52.1. The highest BCUT2D eigenvalue weighted by Crippen LogP contribution is 2.38. The first-order valence-electron chi connectivity index (χ1n) is 9.96. The average Bonchev–Trinajstić information content (AvgIpc) is 2.72. The molecule has 1 aromatic heterocycles. The molecule has 3 rings (SSSR count). The summed E-state index contributed by atoms with van der Waals surface area (Å²) in [4.78, 5) is 9.35. The molecule has 0 bridgehead atoms. The summed E-state index contributed by atoms with van der Waals surface area (Å²) in [5.41, 5.74) is -0.373. The van der Waals surface area contributed by atoms with Gasteiger partial charge in [-0.1, -0.05) is 19.4 Å². The highest BCUT2D eigenvalue weighted by molar-refractivity contribution is 5.64. The van der Waals surface area contributed by atoms with E-state index in [-0.39, 0.29) is 17.9 Å². The molecule has 1 saturated carbocycles. The zero-order valence-electron chi connectivity index (χ0n) is 16.7. The van der Waals surface area contributed by atoms with Crippen LogP contribution in [-0.4, -0.2) is 29.7 Å². The summed E-state index contributed by atoms with van der Waals surface area (Å²) in [6.07, 6.45) is 1.98. The minimum absolute atomic E-state index is 0.0230. The van der Waals surface area contributed by atoms with E-state index in [2.05, 4.69) is 9.97 Å². The van der Waals surface area contributed by atoms with Crippen molar-refractivity contribution >= 4 is 11.5 Å². The summed E-state index contributed by atoms with van der Waals surface area (Å²) in [7, 11) is 1.54. The Hall–Kier alpha value is -2.51. The van der Waals surface area contributed by atoms with E-state index in [1.807, 2.05) is 6.92 Å². The zero-order chi connectivity index (χ0) is 20.9. The van der Waals surface area contributed by atoms with Gasteiger partial charge in [0.05, 0.1) is 6.61 Å². The maximum absolute atomic E-state index is 13.6. The Balaban J connectivity index is 1.91. The van der Waals surface area contributed by atoms with Gasteiger partial charge in [-0.15, -0.1) is 0 Å². The van der Waals surface area contributed by atoms with Gasteiger partial charge in [0.2, 0.25) is 0 Å². The molecule has 8 heteroatoms. The van der Waals surface area contributed by atoms with Gasteiger partial charge in [0.25, 0.3) is 0 Å². The molecular weight excluding hydrogens is 383 g/mol. The molecule has 0 N–H and O–H groups in total. The maximum Gasteiger partial charge on any atom is 0.421 e. The second kappa shape index (κ2) is 9.33. The third-order valence-electron chi connectivity index (χ3n) is 4.87. The van der Waals surface area contributed by atoms with Gasteiger partial charge in [0.1, 0.15) is 17.4 Å². The van der Waals surface area contributed by atoms with Crippen molar-refractivity contribution in [2.75, 3.05) is 18.6 Å². The van der Waals surface area contributed by atoms with Gasteiger partial charge in [-0.25, -0.2) is 4.98 Å². The molecule has 0 saturated heterocycles. The Morgan fingerprint density at radius 3 is 2.62 bits per heavy atom. The molecule has 0 radical (unpaired) electrons. The molecule has 0 amide bonds. The van der Waals surface area contributed by atoms with E-state index in [0.717, 1.165) is 44.7 Å². The molecule has 1 aliphatic rings. The fourth-order valence-corrected chi connectivity index (χ4v) is 3.33. The smallest absolute Gasteiger partial charge is 0.421 e. The Kier molecular flexibility index (Phi) is 6.82. The Labute approximate surface area is 168 Å². The van der Waals surface area contributed by atoms with Crippen molar-refractivity contribution in [1.29, 1.82) is 0 Å². The van der Waals surface area contributed by atoms with Crippen LogP contribution in [0.25, 0.3) is 0 Å². The molecule has 0 aliphatic heterocycles. The van der Waals surface area contributed by atoms with Gasteiger partial charge in [-0.05, 0) is 44.2 Å². The summed E-state index contributed by atoms with van der Waals surface area (Å²) in [6, 6.07) is 6.90. The van der Waals surface area contributed by atoms with Crippen LogP contribution < -0.4 is 14.4 Å². The number of aromatic nitrogens is 2. The fourth-order valence-electron chi connectivity index (χ4n) is 3.33. The van der Waals surface area contributed by atoms with Crippen LogP contribution in [0.2, 0.25) is 0 Å². The first-order chi connectivity index (χ1) is 13.9. The number of ether oxygens (including phenoxy) is 2. The Bertz CT molecular complexity index is 808. The lowest BCUT2D eigenvalue weighted by atomic mass is 9.98. The topological polar surface area (TPSA) is 47.5 Å². The standard InChI is InChI=1S/C21H26F3N3O2/c1-3-12-28-17-11-7-8-15(13-17)27(2)19-18(21(22,23)24)14-25-20(26-19)29-16-9-5-4-6-10-16/h7-8,11,13-14,16H,3-6,9-10,12H2,1-2H3. The van der Waals surface area contributed by atoms with Crippen LogP contribution in [0, 0.1) is 0 Å². The molecule has 0 atom stereocenters. The first-order valence-corrected chi connectivity index (χ1v) is 9.96. The number of anilines is 2. The van der Waals surface area contributed by atoms with Gasteiger partial charge < -0.3 is 14.4 Å². The largest absolute Gasteiger partial charge is 0.494 e. The molecule has 2 aromatic rings. The van der Waals surface area contributed by atoms with Crippen LogP contribution in [0.3, 0.4) is 0 Å². The lowest BCUT2D eigenvalue weighted by Gasteiger charge is -2.25. The third kappa shape index (κ3) is 5.52. The Morgan fingerprint density at radius 2 is 1.93 bits per heavy atom. The number of hydrogen-bond donors (Lipinski definition) is 0. The van der Waals surface area contributed by atoms with Gasteiger partial charge >= 0.3 is 12.2 Å². The molecule has 1 aromatic carbocycles. The van der Waals surface area contributed by atoms with Crippen LogP contribution in [0.4, 0.5) is 24.7 Å². The molecule has 158 valence electrons. The van der Waals surface area contributed by atoms with Crippen LogP contribution in [0.1, 0.15) is 51.0 Å². The predicted octanol–water partition coefficient (Wildman–Crippen LogP) is 5.76. The van der Waals surface area contributed by atoms with Crippen molar-refractivity contribution in [3.63, 3.8) is 0 Å². The summed E-state index contributed by atoms with van der Waals surface area (Å²) in [5, 5.41) is 0. The number of hydrogen-bond acceptors (Lipinski definition) is 5. The van der Waals surface area contributed by atoms with Crippen molar-refractivity contribution in [2.45, 2.75) is 57.7 Å². The number of nitrogens with zero attached hydrogens (tertiary/aromatic N) is 3. The van der Waals surface area contributed by atoms with Crippen LogP contribution in [-0.2, 0) is 6.18 Å². The fraction of sp³-hybridized carbons (Fsp3) is 0.524. The van der Waals surface area contributed by atoms with Crippen molar-refractivity contribution in [2.24, 2.45) is 0 Å². The molecule has 0 unspecified atom stereocenters. The number of rotatable bonds is 7. The molecule has 1 heterocycles. The van der Waals surface area contributed by atoms with E-state index in [4.69, 9.17) is 9.47 Å². The number of alkyl halides is 3.